The first-order valence-corrected chi connectivity index (χ1v) is 11.0. The van der Waals surface area contributed by atoms with E-state index in [4.69, 9.17) is 13.9 Å². The number of rotatable bonds is 6. The highest BCUT2D eigenvalue weighted by Gasteiger charge is 2.33. The van der Waals surface area contributed by atoms with Crippen molar-refractivity contribution in [3.05, 3.63) is 66.0 Å². The number of oxazole rings is 1. The van der Waals surface area contributed by atoms with E-state index < -0.39 is 29.7 Å². The number of carbonyl (C=O) groups is 5. The van der Waals surface area contributed by atoms with E-state index in [1.807, 2.05) is 0 Å². The Labute approximate surface area is 214 Å². The highest BCUT2D eigenvalue weighted by atomic mass is 16.5. The van der Waals surface area contributed by atoms with Crippen molar-refractivity contribution in [2.45, 2.75) is 20.8 Å². The van der Waals surface area contributed by atoms with Gasteiger partial charge in [0.2, 0.25) is 11.8 Å². The van der Waals surface area contributed by atoms with E-state index in [9.17, 15) is 29.1 Å². The third-order valence-corrected chi connectivity index (χ3v) is 5.10. The van der Waals surface area contributed by atoms with Crippen LogP contribution in [0.25, 0.3) is 22.6 Å². The van der Waals surface area contributed by atoms with Crippen LogP contribution < -0.4 is 14.4 Å². The number of imide groups is 1. The second-order valence-electron chi connectivity index (χ2n) is 7.83. The quantitative estimate of drug-likeness (QED) is 0.293. The third-order valence-electron chi connectivity index (χ3n) is 5.10. The van der Waals surface area contributed by atoms with Crippen LogP contribution >= 0.6 is 0 Å². The number of para-hydroxylation sites is 2. The molecule has 0 aliphatic carbocycles. The molecule has 0 unspecified atom stereocenters. The molecule has 2 aromatic heterocycles. The average Bonchev–Trinajstić information content (AvgIpc) is 3.28. The Kier molecular flexibility index (Phi) is 6.97. The van der Waals surface area contributed by atoms with Gasteiger partial charge < -0.3 is 19.0 Å². The lowest BCUT2D eigenvalue weighted by molar-refractivity contribution is -0.132. The number of esters is 2. The van der Waals surface area contributed by atoms with Gasteiger partial charge >= 0.3 is 17.9 Å². The number of hydrogen-bond acceptors (Lipinski definition) is 10. The zero-order valence-corrected chi connectivity index (χ0v) is 20.3. The molecule has 12 nitrogen and oxygen atoms in total. The van der Waals surface area contributed by atoms with Crippen LogP contribution in [0.1, 0.15) is 41.6 Å². The molecule has 2 aromatic carbocycles. The van der Waals surface area contributed by atoms with Crippen molar-refractivity contribution < 1.29 is 43.0 Å². The molecule has 0 fully saturated rings. The van der Waals surface area contributed by atoms with Gasteiger partial charge in [-0.15, -0.1) is 0 Å². The number of hydrogen-bond donors (Lipinski definition) is 1. The summed E-state index contributed by atoms with van der Waals surface area (Å²) in [6.45, 7) is 3.36. The van der Waals surface area contributed by atoms with E-state index in [0.717, 1.165) is 20.8 Å². The van der Waals surface area contributed by atoms with Gasteiger partial charge in [0.05, 0.1) is 11.1 Å². The predicted octanol–water partition coefficient (Wildman–Crippen LogP) is 3.63. The Bertz CT molecular complexity index is 1620. The minimum absolute atomic E-state index is 0.0291. The third kappa shape index (κ3) is 4.95. The number of anilines is 1. The van der Waals surface area contributed by atoms with Gasteiger partial charge in [0.1, 0.15) is 11.2 Å². The summed E-state index contributed by atoms with van der Waals surface area (Å²) in [6.07, 6.45) is 1.27. The van der Waals surface area contributed by atoms with Gasteiger partial charge in [-0.25, -0.2) is 19.7 Å². The predicted molar refractivity (Wildman–Crippen MR) is 131 cm³/mol. The van der Waals surface area contributed by atoms with Gasteiger partial charge in [-0.1, -0.05) is 12.1 Å². The van der Waals surface area contributed by atoms with Crippen LogP contribution in [0.5, 0.6) is 11.5 Å². The molecule has 4 rings (SSSR count). The highest BCUT2D eigenvalue weighted by Crippen LogP contribution is 2.41. The lowest BCUT2D eigenvalue weighted by Crippen LogP contribution is -2.37. The van der Waals surface area contributed by atoms with Crippen LogP contribution in [0.15, 0.2) is 59.1 Å². The lowest BCUT2D eigenvalue weighted by Gasteiger charge is -2.23. The van der Waals surface area contributed by atoms with E-state index in [1.54, 1.807) is 0 Å². The summed E-state index contributed by atoms with van der Waals surface area (Å²) < 4.78 is 16.2. The SMILES string of the molecule is CC(=O)Oc1cccnc1C(=O)N(C(C)=O)c1c(OC(C)=O)cccc1-c1nc2c(C(=O)O)cccc2o1. The highest BCUT2D eigenvalue weighted by molar-refractivity contribution is 6.23. The van der Waals surface area contributed by atoms with E-state index >= 15 is 0 Å². The van der Waals surface area contributed by atoms with Crippen molar-refractivity contribution in [2.75, 3.05) is 4.90 Å². The monoisotopic (exact) mass is 517 g/mol. The number of nitrogens with zero attached hydrogens (tertiary/aromatic N) is 3. The zero-order valence-electron chi connectivity index (χ0n) is 20.3. The minimum Gasteiger partial charge on any atom is -0.478 e. The van der Waals surface area contributed by atoms with Gasteiger partial charge in [0.15, 0.2) is 22.8 Å². The van der Waals surface area contributed by atoms with Crippen LogP contribution in [-0.2, 0) is 14.4 Å². The molecule has 192 valence electrons. The summed E-state index contributed by atoms with van der Waals surface area (Å²) >= 11 is 0. The van der Waals surface area contributed by atoms with Crippen LogP contribution in [0.2, 0.25) is 0 Å². The zero-order chi connectivity index (χ0) is 27.6. The number of carboxylic acids is 1. The minimum atomic E-state index is -1.24. The van der Waals surface area contributed by atoms with Crippen LogP contribution in [0, 0.1) is 0 Å². The molecule has 0 saturated heterocycles. The van der Waals surface area contributed by atoms with Crippen molar-refractivity contribution in [1.29, 1.82) is 0 Å². The fourth-order valence-corrected chi connectivity index (χ4v) is 3.70. The fourth-order valence-electron chi connectivity index (χ4n) is 3.70. The summed E-state index contributed by atoms with van der Waals surface area (Å²) in [6, 6.07) is 11.3. The van der Waals surface area contributed by atoms with Gasteiger partial charge in [0, 0.05) is 27.0 Å². The normalized spacial score (nSPS) is 10.6. The number of ether oxygens (including phenoxy) is 2. The Hall–Kier alpha value is -5.39. The molecule has 4 aromatic rings. The molecule has 1 N–H and O–H groups in total. The second-order valence-corrected chi connectivity index (χ2v) is 7.83. The summed E-state index contributed by atoms with van der Waals surface area (Å²) in [4.78, 5) is 70.7. The van der Waals surface area contributed by atoms with Crippen molar-refractivity contribution in [3.63, 3.8) is 0 Å². The molecule has 0 aliphatic heterocycles. The molecular formula is C26H19N3O9. The van der Waals surface area contributed by atoms with Crippen molar-refractivity contribution in [1.82, 2.24) is 9.97 Å². The Morgan fingerprint density at radius 1 is 0.868 bits per heavy atom. The molecule has 38 heavy (non-hydrogen) atoms. The number of aromatic nitrogens is 2. The molecular weight excluding hydrogens is 498 g/mol. The van der Waals surface area contributed by atoms with Gasteiger partial charge in [-0.05, 0) is 36.4 Å². The fraction of sp³-hybridized carbons (Fsp3) is 0.115. The van der Waals surface area contributed by atoms with E-state index in [0.29, 0.717) is 4.90 Å². The number of amides is 2. The van der Waals surface area contributed by atoms with E-state index in [2.05, 4.69) is 9.97 Å². The Morgan fingerprint density at radius 3 is 2.18 bits per heavy atom. The Balaban J connectivity index is 1.97. The van der Waals surface area contributed by atoms with Gasteiger partial charge in [-0.2, -0.15) is 0 Å². The molecule has 0 spiro atoms. The van der Waals surface area contributed by atoms with Crippen molar-refractivity contribution in [2.24, 2.45) is 0 Å². The van der Waals surface area contributed by atoms with Crippen LogP contribution in [-0.4, -0.2) is 44.8 Å². The van der Waals surface area contributed by atoms with Crippen molar-refractivity contribution in [3.8, 4) is 23.0 Å². The molecule has 0 atom stereocenters. The van der Waals surface area contributed by atoms with Gasteiger partial charge in [-0.3, -0.25) is 19.2 Å². The first kappa shape index (κ1) is 25.7. The van der Waals surface area contributed by atoms with Crippen LogP contribution in [0.3, 0.4) is 0 Å². The number of aromatic carboxylic acids is 1. The number of benzene rings is 2. The maximum absolute atomic E-state index is 13.7. The number of carbonyl (C=O) groups excluding carboxylic acids is 4. The standard InChI is InChI=1S/C26H19N3O9/c1-13(30)29(25(33)22-19(36-14(2)31)11-6-12-27-22)23-17(8-5-10-20(23)37-15(3)32)24-28-21-16(26(34)35)7-4-9-18(21)38-24/h4-12H,1-3H3,(H,34,35). The maximum atomic E-state index is 13.7. The molecule has 0 aliphatic rings. The molecule has 2 amide bonds. The molecule has 0 radical (unpaired) electrons. The summed E-state index contributed by atoms with van der Waals surface area (Å²) in [7, 11) is 0. The molecule has 12 heteroatoms. The smallest absolute Gasteiger partial charge is 0.338 e. The molecule has 2 heterocycles. The molecule has 0 bridgehead atoms. The topological polar surface area (TPSA) is 166 Å². The summed E-state index contributed by atoms with van der Waals surface area (Å²) in [5.74, 6) is -5.06. The van der Waals surface area contributed by atoms with Gasteiger partial charge in [0.25, 0.3) is 5.91 Å². The number of pyridine rings is 1. The first-order chi connectivity index (χ1) is 18.1. The Morgan fingerprint density at radius 2 is 1.53 bits per heavy atom. The number of fused-ring (bicyclic) bond motifs is 1. The maximum Gasteiger partial charge on any atom is 0.338 e. The first-order valence-electron chi connectivity index (χ1n) is 11.0. The van der Waals surface area contributed by atoms with Crippen LogP contribution in [0.4, 0.5) is 5.69 Å². The molecule has 0 saturated carbocycles. The summed E-state index contributed by atoms with van der Waals surface area (Å²) in [5.41, 5.74) is -0.526. The average molecular weight is 517 g/mol. The van der Waals surface area contributed by atoms with Crippen molar-refractivity contribution >= 4 is 46.5 Å². The second kappa shape index (κ2) is 10.3. The lowest BCUT2D eigenvalue weighted by atomic mass is 10.1. The van der Waals surface area contributed by atoms with E-state index in [-0.39, 0.29) is 51.0 Å². The largest absolute Gasteiger partial charge is 0.478 e. The van der Waals surface area contributed by atoms with E-state index in [1.165, 1.54) is 54.7 Å². The summed E-state index contributed by atoms with van der Waals surface area (Å²) in [5, 5.41) is 9.53. The number of carboxylic acid groups (broad SMARTS) is 1.